The zero-order chi connectivity index (χ0) is 20.1. The van der Waals surface area contributed by atoms with Crippen LogP contribution in [0.1, 0.15) is 41.1 Å². The van der Waals surface area contributed by atoms with Crippen LogP contribution >= 0.6 is 12.4 Å². The molecule has 1 N–H and O–H groups in total. The normalized spacial score (nSPS) is 14.8. The molecule has 3 rings (SSSR count). The van der Waals surface area contributed by atoms with Crippen LogP contribution in [0.5, 0.6) is 0 Å². The van der Waals surface area contributed by atoms with Crippen LogP contribution in [0.15, 0.2) is 42.6 Å². The first-order valence-electron chi connectivity index (χ1n) is 9.81. The first kappa shape index (κ1) is 22.8. The first-order valence-corrected chi connectivity index (χ1v) is 9.81. The first-order chi connectivity index (χ1) is 13.5. The van der Waals surface area contributed by atoms with Crippen molar-refractivity contribution in [3.05, 3.63) is 53.9 Å². The predicted octanol–water partition coefficient (Wildman–Crippen LogP) is 3.09. The summed E-state index contributed by atoms with van der Waals surface area (Å²) in [5.41, 5.74) is 2.97. The number of aromatic nitrogens is 1. The van der Waals surface area contributed by atoms with E-state index in [4.69, 9.17) is 0 Å². The van der Waals surface area contributed by atoms with Crippen molar-refractivity contribution < 1.29 is 9.59 Å². The summed E-state index contributed by atoms with van der Waals surface area (Å²) >= 11 is 0. The van der Waals surface area contributed by atoms with Crippen molar-refractivity contribution in [2.45, 2.75) is 26.3 Å². The molecule has 2 heterocycles. The van der Waals surface area contributed by atoms with Gasteiger partial charge in [-0.3, -0.25) is 19.5 Å². The standard InChI is InChI=1S/C22H28N4O2.ClH/c1-16(2)25-11-4-12-26(14-13-25)22(28)18-7-5-17(6-8-18)19-9-10-20(24-15-19)21(27)23-3;/h5-10,15-16H,4,11-14H2,1-3H3,(H,23,27);1H. The Morgan fingerprint density at radius 1 is 0.966 bits per heavy atom. The van der Waals surface area contributed by atoms with Gasteiger partial charge in [-0.05, 0) is 44.0 Å². The number of nitrogens with one attached hydrogen (secondary N) is 1. The van der Waals surface area contributed by atoms with E-state index in [2.05, 4.69) is 29.0 Å². The second kappa shape index (κ2) is 10.4. The lowest BCUT2D eigenvalue weighted by Crippen LogP contribution is -2.37. The number of carbonyl (C=O) groups excluding carboxylic acids is 2. The van der Waals surface area contributed by atoms with Crippen LogP contribution in [0.2, 0.25) is 0 Å². The maximum Gasteiger partial charge on any atom is 0.269 e. The lowest BCUT2D eigenvalue weighted by atomic mass is 10.0. The SMILES string of the molecule is CNC(=O)c1ccc(-c2ccc(C(=O)N3CCCN(C(C)C)CC3)cc2)cn1.Cl. The van der Waals surface area contributed by atoms with Gasteiger partial charge < -0.3 is 10.2 Å². The Labute approximate surface area is 178 Å². The van der Waals surface area contributed by atoms with E-state index in [1.165, 1.54) is 0 Å². The summed E-state index contributed by atoms with van der Waals surface area (Å²) in [4.78, 5) is 33.0. The van der Waals surface area contributed by atoms with Gasteiger partial charge in [0.15, 0.2) is 0 Å². The molecule has 0 aliphatic carbocycles. The van der Waals surface area contributed by atoms with Gasteiger partial charge in [0, 0.05) is 56.6 Å². The Bertz CT molecular complexity index is 822. The van der Waals surface area contributed by atoms with Crippen molar-refractivity contribution in [2.24, 2.45) is 0 Å². The molecular formula is C22H29ClN4O2. The quantitative estimate of drug-likeness (QED) is 0.831. The molecular weight excluding hydrogens is 388 g/mol. The van der Waals surface area contributed by atoms with Crippen LogP contribution in [0.4, 0.5) is 0 Å². The van der Waals surface area contributed by atoms with Gasteiger partial charge in [0.2, 0.25) is 0 Å². The fourth-order valence-electron chi connectivity index (χ4n) is 3.47. The summed E-state index contributed by atoms with van der Waals surface area (Å²) in [7, 11) is 1.58. The third-order valence-corrected chi connectivity index (χ3v) is 5.24. The van der Waals surface area contributed by atoms with E-state index in [9.17, 15) is 9.59 Å². The number of hydrogen-bond acceptors (Lipinski definition) is 4. The number of hydrogen-bond donors (Lipinski definition) is 1. The second-order valence-corrected chi connectivity index (χ2v) is 7.36. The Morgan fingerprint density at radius 2 is 1.66 bits per heavy atom. The van der Waals surface area contributed by atoms with Gasteiger partial charge in [0.25, 0.3) is 11.8 Å². The summed E-state index contributed by atoms with van der Waals surface area (Å²) in [6, 6.07) is 11.7. The van der Waals surface area contributed by atoms with Gasteiger partial charge >= 0.3 is 0 Å². The van der Waals surface area contributed by atoms with Crippen LogP contribution in [0.25, 0.3) is 11.1 Å². The number of carbonyl (C=O) groups is 2. The molecule has 1 fully saturated rings. The molecule has 1 saturated heterocycles. The number of amides is 2. The van der Waals surface area contributed by atoms with E-state index in [1.54, 1.807) is 19.3 Å². The van der Waals surface area contributed by atoms with Gasteiger partial charge in [-0.25, -0.2) is 0 Å². The third kappa shape index (κ3) is 5.55. The smallest absolute Gasteiger partial charge is 0.269 e. The molecule has 2 amide bonds. The minimum Gasteiger partial charge on any atom is -0.354 e. The minimum atomic E-state index is -0.207. The summed E-state index contributed by atoms with van der Waals surface area (Å²) in [6.45, 7) is 7.93. The molecule has 0 unspecified atom stereocenters. The summed E-state index contributed by atoms with van der Waals surface area (Å²) in [6.07, 6.45) is 2.68. The van der Waals surface area contributed by atoms with Crippen molar-refractivity contribution >= 4 is 24.2 Å². The van der Waals surface area contributed by atoms with Crippen LogP contribution < -0.4 is 5.32 Å². The fourth-order valence-corrected chi connectivity index (χ4v) is 3.47. The zero-order valence-corrected chi connectivity index (χ0v) is 18.0. The van der Waals surface area contributed by atoms with Gasteiger partial charge in [0.05, 0.1) is 0 Å². The summed E-state index contributed by atoms with van der Waals surface area (Å²) < 4.78 is 0. The van der Waals surface area contributed by atoms with E-state index < -0.39 is 0 Å². The van der Waals surface area contributed by atoms with Crippen LogP contribution in [0.3, 0.4) is 0 Å². The number of nitrogens with zero attached hydrogens (tertiary/aromatic N) is 3. The van der Waals surface area contributed by atoms with Crippen LogP contribution in [-0.4, -0.2) is 65.9 Å². The molecule has 7 heteroatoms. The summed E-state index contributed by atoms with van der Waals surface area (Å²) in [5, 5.41) is 2.56. The Balaban J connectivity index is 0.00000300. The average molecular weight is 417 g/mol. The molecule has 0 bridgehead atoms. The van der Waals surface area contributed by atoms with E-state index >= 15 is 0 Å². The third-order valence-electron chi connectivity index (χ3n) is 5.24. The molecule has 156 valence electrons. The topological polar surface area (TPSA) is 65.5 Å². The van der Waals surface area contributed by atoms with Crippen molar-refractivity contribution in [1.82, 2.24) is 20.1 Å². The number of pyridine rings is 1. The molecule has 0 radical (unpaired) electrons. The molecule has 0 spiro atoms. The second-order valence-electron chi connectivity index (χ2n) is 7.36. The van der Waals surface area contributed by atoms with Gasteiger partial charge in [-0.15, -0.1) is 12.4 Å². The van der Waals surface area contributed by atoms with E-state index in [0.29, 0.717) is 17.3 Å². The largest absolute Gasteiger partial charge is 0.354 e. The Morgan fingerprint density at radius 3 is 2.24 bits per heavy atom. The lowest BCUT2D eigenvalue weighted by molar-refractivity contribution is 0.0759. The summed E-state index contributed by atoms with van der Waals surface area (Å²) in [5.74, 6) is -0.119. The predicted molar refractivity (Wildman–Crippen MR) is 118 cm³/mol. The highest BCUT2D eigenvalue weighted by Gasteiger charge is 2.21. The molecule has 0 atom stereocenters. The maximum absolute atomic E-state index is 12.9. The Kier molecular flexibility index (Phi) is 8.17. The molecule has 6 nitrogen and oxygen atoms in total. The average Bonchev–Trinajstić information content (AvgIpc) is 2.99. The van der Waals surface area contributed by atoms with Crippen molar-refractivity contribution in [1.29, 1.82) is 0 Å². The highest BCUT2D eigenvalue weighted by atomic mass is 35.5. The van der Waals surface area contributed by atoms with E-state index in [1.807, 2.05) is 35.2 Å². The van der Waals surface area contributed by atoms with Gasteiger partial charge in [-0.1, -0.05) is 18.2 Å². The maximum atomic E-state index is 12.9. The van der Waals surface area contributed by atoms with Crippen molar-refractivity contribution in [3.8, 4) is 11.1 Å². The molecule has 1 aromatic heterocycles. The molecule has 1 aliphatic rings. The van der Waals surface area contributed by atoms with Crippen LogP contribution in [-0.2, 0) is 0 Å². The molecule has 29 heavy (non-hydrogen) atoms. The highest BCUT2D eigenvalue weighted by Crippen LogP contribution is 2.20. The fraction of sp³-hybridized carbons (Fsp3) is 0.409. The van der Waals surface area contributed by atoms with Gasteiger partial charge in [-0.2, -0.15) is 0 Å². The minimum absolute atomic E-state index is 0. The number of halogens is 1. The van der Waals surface area contributed by atoms with Gasteiger partial charge in [0.1, 0.15) is 5.69 Å². The van der Waals surface area contributed by atoms with Crippen molar-refractivity contribution in [3.63, 3.8) is 0 Å². The lowest BCUT2D eigenvalue weighted by Gasteiger charge is -2.25. The monoisotopic (exact) mass is 416 g/mol. The van der Waals surface area contributed by atoms with E-state index in [0.717, 1.165) is 43.7 Å². The van der Waals surface area contributed by atoms with Crippen LogP contribution in [0, 0.1) is 0 Å². The van der Waals surface area contributed by atoms with Crippen molar-refractivity contribution in [2.75, 3.05) is 33.2 Å². The number of rotatable bonds is 4. The molecule has 0 saturated carbocycles. The zero-order valence-electron chi connectivity index (χ0n) is 17.2. The number of benzene rings is 1. The highest BCUT2D eigenvalue weighted by molar-refractivity contribution is 5.95. The molecule has 2 aromatic rings. The molecule has 1 aliphatic heterocycles. The Hall–Kier alpha value is -2.44. The van der Waals surface area contributed by atoms with E-state index in [-0.39, 0.29) is 24.2 Å². The molecule has 1 aromatic carbocycles.